The molecule has 0 aromatic heterocycles. The average molecular weight is 216 g/mol. The van der Waals surface area contributed by atoms with Gasteiger partial charge in [0.1, 0.15) is 0 Å². The lowest BCUT2D eigenvalue weighted by Crippen LogP contribution is -2.03. The highest BCUT2D eigenvalue weighted by atomic mass is 19.2. The topological polar surface area (TPSA) is 29.5 Å². The lowest BCUT2D eigenvalue weighted by Gasteiger charge is -2.11. The molecule has 1 N–H and O–H groups in total. The summed E-state index contributed by atoms with van der Waals surface area (Å²) < 4.78 is 30.8. The predicted octanol–water partition coefficient (Wildman–Crippen LogP) is 2.42. The minimum atomic E-state index is -0.976. The Balaban J connectivity index is 2.65. The van der Waals surface area contributed by atoms with Crippen LogP contribution in [0, 0.1) is 11.6 Å². The first-order valence-corrected chi connectivity index (χ1v) is 4.77. The Kier molecular flexibility index (Phi) is 4.65. The Labute approximate surface area is 87.5 Å². The fraction of sp³-hybridized carbons (Fsp3) is 0.455. The van der Waals surface area contributed by atoms with Crippen LogP contribution >= 0.6 is 0 Å². The van der Waals surface area contributed by atoms with Gasteiger partial charge < -0.3 is 9.84 Å². The smallest absolute Gasteiger partial charge is 0.164 e. The third-order valence-electron chi connectivity index (χ3n) is 2.17. The van der Waals surface area contributed by atoms with Crippen molar-refractivity contribution < 1.29 is 18.6 Å². The standard InChI is InChI=1S/C11H14F2O2/c1-15-7-3-6-10(14)8-4-2-5-9(12)11(8)13/h2,4-5,10,14H,3,6-7H2,1H3. The van der Waals surface area contributed by atoms with E-state index < -0.39 is 17.7 Å². The quantitative estimate of drug-likeness (QED) is 0.766. The van der Waals surface area contributed by atoms with Crippen LogP contribution in [0.2, 0.25) is 0 Å². The Morgan fingerprint density at radius 2 is 2.13 bits per heavy atom. The van der Waals surface area contributed by atoms with Gasteiger partial charge in [-0.1, -0.05) is 12.1 Å². The zero-order valence-corrected chi connectivity index (χ0v) is 8.54. The fourth-order valence-corrected chi connectivity index (χ4v) is 1.35. The van der Waals surface area contributed by atoms with Gasteiger partial charge in [-0.25, -0.2) is 8.78 Å². The maximum atomic E-state index is 13.2. The highest BCUT2D eigenvalue weighted by Gasteiger charge is 2.15. The highest BCUT2D eigenvalue weighted by Crippen LogP contribution is 2.22. The number of aliphatic hydroxyl groups excluding tert-OH is 1. The predicted molar refractivity (Wildman–Crippen MR) is 52.4 cm³/mol. The molecule has 84 valence electrons. The number of halogens is 2. The van der Waals surface area contributed by atoms with E-state index in [1.165, 1.54) is 12.1 Å². The van der Waals surface area contributed by atoms with Crippen molar-refractivity contribution >= 4 is 0 Å². The molecule has 0 aliphatic heterocycles. The normalized spacial score (nSPS) is 12.8. The fourth-order valence-electron chi connectivity index (χ4n) is 1.35. The molecule has 1 rings (SSSR count). The summed E-state index contributed by atoms with van der Waals surface area (Å²) in [5, 5.41) is 9.59. The molecular formula is C11H14F2O2. The van der Waals surface area contributed by atoms with Crippen LogP contribution < -0.4 is 0 Å². The van der Waals surface area contributed by atoms with Crippen molar-refractivity contribution in [1.82, 2.24) is 0 Å². The van der Waals surface area contributed by atoms with Crippen LogP contribution in [0.25, 0.3) is 0 Å². The maximum absolute atomic E-state index is 13.2. The second-order valence-corrected chi connectivity index (χ2v) is 3.29. The first-order valence-electron chi connectivity index (χ1n) is 4.77. The SMILES string of the molecule is COCCCC(O)c1cccc(F)c1F. The van der Waals surface area contributed by atoms with Gasteiger partial charge in [-0.15, -0.1) is 0 Å². The van der Waals surface area contributed by atoms with Crippen LogP contribution in [0.3, 0.4) is 0 Å². The number of hydrogen-bond acceptors (Lipinski definition) is 2. The molecule has 0 saturated heterocycles. The van der Waals surface area contributed by atoms with Crippen LogP contribution in [-0.2, 0) is 4.74 Å². The molecule has 0 radical (unpaired) electrons. The van der Waals surface area contributed by atoms with Gasteiger partial charge in [0.2, 0.25) is 0 Å². The van der Waals surface area contributed by atoms with Gasteiger partial charge >= 0.3 is 0 Å². The minimum Gasteiger partial charge on any atom is -0.388 e. The summed E-state index contributed by atoms with van der Waals surface area (Å²) in [6.07, 6.45) is -0.0159. The molecule has 15 heavy (non-hydrogen) atoms. The monoisotopic (exact) mass is 216 g/mol. The molecule has 0 aliphatic carbocycles. The molecule has 1 aromatic carbocycles. The minimum absolute atomic E-state index is 0.00565. The van der Waals surface area contributed by atoms with Crippen molar-refractivity contribution in [3.63, 3.8) is 0 Å². The van der Waals surface area contributed by atoms with Crippen LogP contribution in [0.4, 0.5) is 8.78 Å². The van der Waals surface area contributed by atoms with E-state index in [0.29, 0.717) is 19.4 Å². The Morgan fingerprint density at radius 1 is 1.40 bits per heavy atom. The second kappa shape index (κ2) is 5.78. The van der Waals surface area contributed by atoms with Crippen LogP contribution in [0.1, 0.15) is 24.5 Å². The van der Waals surface area contributed by atoms with Crippen molar-refractivity contribution in [2.75, 3.05) is 13.7 Å². The van der Waals surface area contributed by atoms with Crippen LogP contribution in [0.15, 0.2) is 18.2 Å². The molecule has 4 heteroatoms. The van der Waals surface area contributed by atoms with Gasteiger partial charge in [0, 0.05) is 19.3 Å². The van der Waals surface area contributed by atoms with E-state index in [-0.39, 0.29) is 5.56 Å². The summed E-state index contributed by atoms with van der Waals surface area (Å²) in [6.45, 7) is 0.494. The van der Waals surface area contributed by atoms with Crippen LogP contribution in [-0.4, -0.2) is 18.8 Å². The number of hydrogen-bond donors (Lipinski definition) is 1. The van der Waals surface area contributed by atoms with Crippen LogP contribution in [0.5, 0.6) is 0 Å². The molecule has 0 heterocycles. The lowest BCUT2D eigenvalue weighted by molar-refractivity contribution is 0.133. The molecule has 1 unspecified atom stereocenters. The molecule has 0 fully saturated rings. The van der Waals surface area contributed by atoms with E-state index in [1.54, 1.807) is 7.11 Å². The van der Waals surface area contributed by atoms with Crippen molar-refractivity contribution in [2.24, 2.45) is 0 Å². The largest absolute Gasteiger partial charge is 0.388 e. The van der Waals surface area contributed by atoms with Crippen molar-refractivity contribution in [3.8, 4) is 0 Å². The van der Waals surface area contributed by atoms with E-state index in [0.717, 1.165) is 6.07 Å². The molecule has 2 nitrogen and oxygen atoms in total. The molecule has 0 aliphatic rings. The van der Waals surface area contributed by atoms with Crippen molar-refractivity contribution in [3.05, 3.63) is 35.4 Å². The van der Waals surface area contributed by atoms with E-state index in [1.807, 2.05) is 0 Å². The number of methoxy groups -OCH3 is 1. The number of aliphatic hydroxyl groups is 1. The summed E-state index contributed by atoms with van der Waals surface area (Å²) >= 11 is 0. The van der Waals surface area contributed by atoms with Gasteiger partial charge in [0.25, 0.3) is 0 Å². The molecule has 1 aromatic rings. The molecule has 1 atom stereocenters. The Hall–Kier alpha value is -1.00. The molecule has 0 bridgehead atoms. The Bertz CT molecular complexity index is 315. The first-order chi connectivity index (χ1) is 7.16. The maximum Gasteiger partial charge on any atom is 0.164 e. The van der Waals surface area contributed by atoms with Crippen molar-refractivity contribution in [1.29, 1.82) is 0 Å². The highest BCUT2D eigenvalue weighted by molar-refractivity contribution is 5.21. The molecular weight excluding hydrogens is 202 g/mol. The average Bonchev–Trinajstić information content (AvgIpc) is 2.22. The van der Waals surface area contributed by atoms with E-state index in [4.69, 9.17) is 4.74 Å². The van der Waals surface area contributed by atoms with E-state index >= 15 is 0 Å². The van der Waals surface area contributed by atoms with E-state index in [9.17, 15) is 13.9 Å². The lowest BCUT2D eigenvalue weighted by atomic mass is 10.0. The van der Waals surface area contributed by atoms with Gasteiger partial charge in [0.15, 0.2) is 11.6 Å². The van der Waals surface area contributed by atoms with Gasteiger partial charge in [-0.3, -0.25) is 0 Å². The summed E-state index contributed by atoms with van der Waals surface area (Å²) in [4.78, 5) is 0. The van der Waals surface area contributed by atoms with E-state index in [2.05, 4.69) is 0 Å². The Morgan fingerprint density at radius 3 is 2.80 bits per heavy atom. The summed E-state index contributed by atoms with van der Waals surface area (Å²) in [5.74, 6) is -1.90. The number of ether oxygens (including phenoxy) is 1. The first kappa shape index (κ1) is 12.1. The summed E-state index contributed by atoms with van der Waals surface area (Å²) in [5.41, 5.74) is 0.00565. The molecule has 0 saturated carbocycles. The molecule has 0 amide bonds. The van der Waals surface area contributed by atoms with Gasteiger partial charge in [-0.2, -0.15) is 0 Å². The van der Waals surface area contributed by atoms with Gasteiger partial charge in [0.05, 0.1) is 6.10 Å². The zero-order chi connectivity index (χ0) is 11.3. The second-order valence-electron chi connectivity index (χ2n) is 3.29. The summed E-state index contributed by atoms with van der Waals surface area (Å²) in [6, 6.07) is 3.80. The number of benzene rings is 1. The number of rotatable bonds is 5. The third kappa shape index (κ3) is 3.25. The third-order valence-corrected chi connectivity index (χ3v) is 2.17. The summed E-state index contributed by atoms with van der Waals surface area (Å²) in [7, 11) is 1.55. The van der Waals surface area contributed by atoms with Crippen molar-refractivity contribution in [2.45, 2.75) is 18.9 Å². The zero-order valence-electron chi connectivity index (χ0n) is 8.54. The van der Waals surface area contributed by atoms with Gasteiger partial charge in [-0.05, 0) is 18.9 Å². The molecule has 0 spiro atoms.